The number of fused-ring (bicyclic) bond motifs is 1. The molecule has 0 aromatic heterocycles. The van der Waals surface area contributed by atoms with Crippen molar-refractivity contribution in [2.75, 3.05) is 6.54 Å². The van der Waals surface area contributed by atoms with Gasteiger partial charge >= 0.3 is 0 Å². The lowest BCUT2D eigenvalue weighted by Gasteiger charge is -2.23. The van der Waals surface area contributed by atoms with Gasteiger partial charge in [0.15, 0.2) is 5.83 Å². The first kappa shape index (κ1) is 15.2. The van der Waals surface area contributed by atoms with Gasteiger partial charge in [0.05, 0.1) is 26.8 Å². The summed E-state index contributed by atoms with van der Waals surface area (Å²) < 4.78 is 14.7. The Kier molecular flexibility index (Phi) is 4.00. The zero-order valence-corrected chi connectivity index (χ0v) is 13.7. The van der Waals surface area contributed by atoms with E-state index >= 15 is 0 Å². The van der Waals surface area contributed by atoms with Crippen LogP contribution >= 0.6 is 22.6 Å². The number of piperidine rings is 1. The zero-order valence-electron chi connectivity index (χ0n) is 11.5. The summed E-state index contributed by atoms with van der Waals surface area (Å²) >= 11 is 2.02. The molecule has 1 amide bonds. The molecule has 0 aromatic carbocycles. The summed E-state index contributed by atoms with van der Waals surface area (Å²) in [6.07, 6.45) is 6.19. The molecule has 1 saturated heterocycles. The fourth-order valence-electron chi connectivity index (χ4n) is 2.59. The molecule has 7 heteroatoms. The summed E-state index contributed by atoms with van der Waals surface area (Å²) in [5.41, 5.74) is 1.88. The minimum absolute atomic E-state index is 0.0435. The Hall–Kier alpha value is -1.74. The van der Waals surface area contributed by atoms with Crippen molar-refractivity contribution in [2.45, 2.75) is 6.42 Å². The van der Waals surface area contributed by atoms with E-state index in [1.54, 1.807) is 6.08 Å². The Labute approximate surface area is 140 Å². The van der Waals surface area contributed by atoms with Crippen molar-refractivity contribution < 1.29 is 14.4 Å². The van der Waals surface area contributed by atoms with Crippen LogP contribution in [0.5, 0.6) is 0 Å². The summed E-state index contributed by atoms with van der Waals surface area (Å²) in [4.78, 5) is 16.6. The molecule has 22 heavy (non-hydrogen) atoms. The number of carbonyl (C=O) groups is 1. The molecule has 0 bridgehead atoms. The van der Waals surface area contributed by atoms with E-state index in [-0.39, 0.29) is 17.4 Å². The Morgan fingerprint density at radius 2 is 2.41 bits per heavy atom. The number of halogens is 2. The van der Waals surface area contributed by atoms with Crippen LogP contribution < -0.4 is 5.32 Å². The molecule has 5 nitrogen and oxygen atoms in total. The Morgan fingerprint density at radius 1 is 1.64 bits per heavy atom. The summed E-state index contributed by atoms with van der Waals surface area (Å²) in [7, 11) is 0. The molecule has 0 aromatic rings. The maximum absolute atomic E-state index is 14.1. The minimum atomic E-state index is -0.599. The van der Waals surface area contributed by atoms with Crippen molar-refractivity contribution in [2.24, 2.45) is 10.9 Å². The van der Waals surface area contributed by atoms with Gasteiger partial charge in [-0.05, 0) is 35.1 Å². The first-order chi connectivity index (χ1) is 10.5. The standard InChI is InChI=1S/C15H13FIN3O2/c1-2-3-8-6-18-15(21)11-12(17)14(19-13(8)11)9-4-5-20(22)7-10(9)16/h2,4-5,7-8,22H,1,3,6H2,(H,18,21)/t8-/m0/s1. The highest BCUT2D eigenvalue weighted by molar-refractivity contribution is 14.1. The molecule has 3 rings (SSSR count). The third-order valence-corrected chi connectivity index (χ3v) is 4.69. The summed E-state index contributed by atoms with van der Waals surface area (Å²) in [5.74, 6) is -0.743. The molecule has 3 aliphatic rings. The lowest BCUT2D eigenvalue weighted by molar-refractivity contribution is -0.117. The molecule has 1 atom stereocenters. The fraction of sp³-hybridized carbons (Fsp3) is 0.200. The summed E-state index contributed by atoms with van der Waals surface area (Å²) in [5, 5.41) is 12.7. The number of nitrogens with zero attached hydrogens (tertiary/aromatic N) is 2. The first-order valence-electron chi connectivity index (χ1n) is 6.68. The molecule has 114 valence electrons. The van der Waals surface area contributed by atoms with Gasteiger partial charge in [-0.3, -0.25) is 15.0 Å². The average Bonchev–Trinajstić information content (AvgIpc) is 2.81. The van der Waals surface area contributed by atoms with Crippen LogP contribution in [0.4, 0.5) is 4.39 Å². The van der Waals surface area contributed by atoms with Crippen LogP contribution in [-0.4, -0.2) is 28.4 Å². The van der Waals surface area contributed by atoms with E-state index in [1.807, 2.05) is 22.6 Å². The van der Waals surface area contributed by atoms with Crippen molar-refractivity contribution in [3.05, 3.63) is 57.4 Å². The second-order valence-corrected chi connectivity index (χ2v) is 6.13. The number of hydrogen-bond donors (Lipinski definition) is 2. The van der Waals surface area contributed by atoms with Gasteiger partial charge in [0.1, 0.15) is 0 Å². The van der Waals surface area contributed by atoms with Gasteiger partial charge in [-0.2, -0.15) is 0 Å². The van der Waals surface area contributed by atoms with Crippen LogP contribution in [0.15, 0.2) is 62.4 Å². The predicted molar refractivity (Wildman–Crippen MR) is 88.8 cm³/mol. The topological polar surface area (TPSA) is 64.9 Å². The van der Waals surface area contributed by atoms with Gasteiger partial charge in [-0.15, -0.1) is 6.58 Å². The number of allylic oxidation sites excluding steroid dienone is 5. The van der Waals surface area contributed by atoms with Crippen molar-refractivity contribution in [1.29, 1.82) is 0 Å². The lowest BCUT2D eigenvalue weighted by atomic mass is 9.90. The van der Waals surface area contributed by atoms with E-state index in [0.29, 0.717) is 38.6 Å². The third kappa shape index (κ3) is 2.44. The normalized spacial score (nSPS) is 27.5. The molecule has 0 unspecified atom stereocenters. The number of carbonyl (C=O) groups excluding carboxylic acids is 1. The maximum Gasteiger partial charge on any atom is 0.254 e. The van der Waals surface area contributed by atoms with Crippen LogP contribution in [0.25, 0.3) is 0 Å². The van der Waals surface area contributed by atoms with Gasteiger partial charge in [0.2, 0.25) is 0 Å². The van der Waals surface area contributed by atoms with Gasteiger partial charge < -0.3 is 5.32 Å². The van der Waals surface area contributed by atoms with Gasteiger partial charge in [0.25, 0.3) is 5.91 Å². The Balaban J connectivity index is 2.13. The molecule has 3 heterocycles. The number of aliphatic imine (C=N–C) groups is 1. The molecule has 1 fully saturated rings. The highest BCUT2D eigenvalue weighted by Gasteiger charge is 2.37. The van der Waals surface area contributed by atoms with Crippen molar-refractivity contribution in [3.8, 4) is 0 Å². The second-order valence-electron chi connectivity index (χ2n) is 5.05. The van der Waals surface area contributed by atoms with Crippen LogP contribution in [0.2, 0.25) is 0 Å². The van der Waals surface area contributed by atoms with Gasteiger partial charge in [-0.1, -0.05) is 6.08 Å². The quantitative estimate of drug-likeness (QED) is 0.541. The van der Waals surface area contributed by atoms with E-state index in [0.717, 1.165) is 6.20 Å². The van der Waals surface area contributed by atoms with E-state index in [1.165, 1.54) is 12.3 Å². The average molecular weight is 413 g/mol. The Morgan fingerprint density at radius 3 is 3.09 bits per heavy atom. The Bertz CT molecular complexity index is 718. The van der Waals surface area contributed by atoms with Crippen LogP contribution in [0.1, 0.15) is 6.42 Å². The fourth-order valence-corrected chi connectivity index (χ4v) is 3.53. The van der Waals surface area contributed by atoms with Crippen molar-refractivity contribution in [1.82, 2.24) is 10.4 Å². The van der Waals surface area contributed by atoms with E-state index in [2.05, 4.69) is 16.9 Å². The molecule has 3 aliphatic heterocycles. The SMILES string of the molecule is C=CC[C@H]1CNC(=O)C2=C(I)C(=C3C=CN(O)C=C3F)N=C21. The molecule has 0 aliphatic carbocycles. The predicted octanol–water partition coefficient (Wildman–Crippen LogP) is 2.74. The van der Waals surface area contributed by atoms with E-state index in [4.69, 9.17) is 0 Å². The number of nitrogens with one attached hydrogen (secondary N) is 1. The smallest absolute Gasteiger partial charge is 0.254 e. The maximum atomic E-state index is 14.1. The van der Waals surface area contributed by atoms with E-state index in [9.17, 15) is 14.4 Å². The van der Waals surface area contributed by atoms with Gasteiger partial charge in [0, 0.05) is 24.2 Å². The molecule has 2 N–H and O–H groups in total. The second kappa shape index (κ2) is 5.81. The molecular formula is C15H13FIN3O2. The molecule has 0 spiro atoms. The van der Waals surface area contributed by atoms with Gasteiger partial charge in [-0.25, -0.2) is 9.45 Å². The summed E-state index contributed by atoms with van der Waals surface area (Å²) in [6.45, 7) is 4.22. The van der Waals surface area contributed by atoms with Crippen LogP contribution in [-0.2, 0) is 4.79 Å². The molecular weight excluding hydrogens is 400 g/mol. The van der Waals surface area contributed by atoms with E-state index < -0.39 is 5.83 Å². The monoisotopic (exact) mass is 413 g/mol. The minimum Gasteiger partial charge on any atom is -0.351 e. The first-order valence-corrected chi connectivity index (χ1v) is 7.76. The zero-order chi connectivity index (χ0) is 15.9. The lowest BCUT2D eigenvalue weighted by Crippen LogP contribution is -2.42. The highest BCUT2D eigenvalue weighted by atomic mass is 127. The van der Waals surface area contributed by atoms with Crippen LogP contribution in [0.3, 0.4) is 0 Å². The number of amides is 1. The number of rotatable bonds is 2. The molecule has 0 radical (unpaired) electrons. The number of hydrogen-bond acceptors (Lipinski definition) is 4. The van der Waals surface area contributed by atoms with Crippen molar-refractivity contribution >= 4 is 34.2 Å². The largest absolute Gasteiger partial charge is 0.351 e. The summed E-state index contributed by atoms with van der Waals surface area (Å²) in [6, 6.07) is 0. The third-order valence-electron chi connectivity index (χ3n) is 3.64. The van der Waals surface area contributed by atoms with Crippen LogP contribution in [0, 0.1) is 5.92 Å². The van der Waals surface area contributed by atoms with Crippen molar-refractivity contribution in [3.63, 3.8) is 0 Å². The number of hydroxylamine groups is 2. The molecule has 0 saturated carbocycles. The highest BCUT2D eigenvalue weighted by Crippen LogP contribution is 2.40.